The minimum absolute atomic E-state index is 0.0217. The van der Waals surface area contributed by atoms with Crippen molar-refractivity contribution < 1.29 is 19.4 Å². The summed E-state index contributed by atoms with van der Waals surface area (Å²) in [4.78, 5) is 32.1. The molecule has 0 saturated carbocycles. The van der Waals surface area contributed by atoms with Crippen molar-refractivity contribution in [2.75, 3.05) is 7.11 Å². The molecular formula is C25H21BrClIN2O5S. The fraction of sp³-hybridized carbons (Fsp3) is 0.240. The number of aromatic hydroxyl groups is 1. The van der Waals surface area contributed by atoms with E-state index in [0.29, 0.717) is 40.5 Å². The van der Waals surface area contributed by atoms with Crippen LogP contribution in [0.3, 0.4) is 0 Å². The molecule has 1 aliphatic heterocycles. The van der Waals surface area contributed by atoms with E-state index in [-0.39, 0.29) is 23.0 Å². The van der Waals surface area contributed by atoms with Crippen molar-refractivity contribution in [1.29, 1.82) is 0 Å². The Labute approximate surface area is 238 Å². The van der Waals surface area contributed by atoms with Gasteiger partial charge in [0.05, 0.1) is 32.6 Å². The topological polar surface area (TPSA) is 90.1 Å². The van der Waals surface area contributed by atoms with Crippen molar-refractivity contribution in [2.45, 2.75) is 32.9 Å². The standard InChI is InChI=1S/C25H21BrClIN2O5S/c1-11(2)35-24(33)20-12(3)29-25-30(21(20)16-9-14(26)5-6-18(16)34-4)23(32)19(36-25)8-13-7-15(27)10-17(28)22(13)31/h5-11,21,31H,1-4H3/b19-8-/t21-/m1/s1. The molecular weight excluding hydrogens is 683 g/mol. The number of esters is 1. The van der Waals surface area contributed by atoms with Crippen molar-refractivity contribution in [3.05, 3.63) is 85.5 Å². The number of rotatable bonds is 5. The molecule has 0 saturated heterocycles. The lowest BCUT2D eigenvalue weighted by molar-refractivity contribution is -0.143. The fourth-order valence-electron chi connectivity index (χ4n) is 3.91. The van der Waals surface area contributed by atoms with E-state index in [4.69, 9.17) is 21.1 Å². The summed E-state index contributed by atoms with van der Waals surface area (Å²) in [7, 11) is 1.53. The number of thiazole rings is 1. The summed E-state index contributed by atoms with van der Waals surface area (Å²) in [6.45, 7) is 5.24. The monoisotopic (exact) mass is 702 g/mol. The van der Waals surface area contributed by atoms with Gasteiger partial charge in [0.2, 0.25) is 0 Å². The minimum Gasteiger partial charge on any atom is -0.506 e. The van der Waals surface area contributed by atoms with Gasteiger partial charge in [0, 0.05) is 20.6 Å². The predicted octanol–water partition coefficient (Wildman–Crippen LogP) is 4.92. The first-order chi connectivity index (χ1) is 17.0. The van der Waals surface area contributed by atoms with Gasteiger partial charge in [0.25, 0.3) is 5.56 Å². The Balaban J connectivity index is 2.03. The molecule has 3 aromatic rings. The third-order valence-corrected chi connectivity index (χ3v) is 7.93. The normalized spacial score (nSPS) is 15.7. The van der Waals surface area contributed by atoms with Crippen LogP contribution in [0, 0.1) is 3.57 Å². The molecule has 2 heterocycles. The number of methoxy groups -OCH3 is 1. The van der Waals surface area contributed by atoms with Crippen molar-refractivity contribution in [3.63, 3.8) is 0 Å². The Bertz CT molecular complexity index is 1590. The maximum atomic E-state index is 13.8. The molecule has 0 aliphatic carbocycles. The van der Waals surface area contributed by atoms with E-state index < -0.39 is 12.0 Å². The Hall–Kier alpha value is -2.15. The Morgan fingerprint density at radius 3 is 2.72 bits per heavy atom. The summed E-state index contributed by atoms with van der Waals surface area (Å²) in [6, 6.07) is 7.78. The molecule has 1 aromatic heterocycles. The van der Waals surface area contributed by atoms with Crippen LogP contribution in [0.15, 0.2) is 55.9 Å². The summed E-state index contributed by atoms with van der Waals surface area (Å²) >= 11 is 12.8. The molecule has 11 heteroatoms. The SMILES string of the molecule is COc1ccc(Br)cc1[C@@H]1C(C(=O)OC(C)C)=C(C)N=c2s/c(=C\c3cc(Cl)cc(I)c3O)c(=O)n21. The third-order valence-electron chi connectivity index (χ3n) is 5.41. The largest absolute Gasteiger partial charge is 0.506 e. The molecule has 0 amide bonds. The number of hydrogen-bond acceptors (Lipinski definition) is 7. The predicted molar refractivity (Wildman–Crippen MR) is 152 cm³/mol. The van der Waals surface area contributed by atoms with Gasteiger partial charge in [-0.15, -0.1) is 0 Å². The van der Waals surface area contributed by atoms with Crippen LogP contribution in [-0.2, 0) is 9.53 Å². The zero-order chi connectivity index (χ0) is 26.3. The van der Waals surface area contributed by atoms with Gasteiger partial charge in [-0.25, -0.2) is 9.79 Å². The smallest absolute Gasteiger partial charge is 0.338 e. The molecule has 0 unspecified atom stereocenters. The van der Waals surface area contributed by atoms with Gasteiger partial charge in [0.1, 0.15) is 17.5 Å². The van der Waals surface area contributed by atoms with Crippen LogP contribution in [0.4, 0.5) is 0 Å². The Morgan fingerprint density at radius 1 is 1.33 bits per heavy atom. The fourth-order valence-corrected chi connectivity index (χ4v) is 6.38. The van der Waals surface area contributed by atoms with E-state index in [9.17, 15) is 14.7 Å². The molecule has 36 heavy (non-hydrogen) atoms. The van der Waals surface area contributed by atoms with Gasteiger partial charge in [-0.2, -0.15) is 0 Å². The summed E-state index contributed by atoms with van der Waals surface area (Å²) in [5.74, 6) is -0.0348. The number of carbonyl (C=O) groups is 1. The first kappa shape index (κ1) is 26.9. The molecule has 0 bridgehead atoms. The molecule has 1 N–H and O–H groups in total. The van der Waals surface area contributed by atoms with Crippen LogP contribution in [0.25, 0.3) is 6.08 Å². The second-order valence-electron chi connectivity index (χ2n) is 8.25. The van der Waals surface area contributed by atoms with E-state index in [0.717, 1.165) is 15.8 Å². The molecule has 1 aliphatic rings. The molecule has 4 rings (SSSR count). The number of benzene rings is 2. The van der Waals surface area contributed by atoms with Crippen molar-refractivity contribution in [3.8, 4) is 11.5 Å². The van der Waals surface area contributed by atoms with Crippen LogP contribution in [0.2, 0.25) is 5.02 Å². The van der Waals surface area contributed by atoms with E-state index in [1.807, 2.05) is 34.7 Å². The lowest BCUT2D eigenvalue weighted by Crippen LogP contribution is -2.40. The summed E-state index contributed by atoms with van der Waals surface area (Å²) < 4.78 is 14.3. The molecule has 188 valence electrons. The lowest BCUT2D eigenvalue weighted by Gasteiger charge is -2.26. The summed E-state index contributed by atoms with van der Waals surface area (Å²) in [5, 5.41) is 11.0. The van der Waals surface area contributed by atoms with Gasteiger partial charge in [-0.05, 0) is 79.8 Å². The van der Waals surface area contributed by atoms with E-state index in [1.54, 1.807) is 45.0 Å². The van der Waals surface area contributed by atoms with Crippen LogP contribution < -0.4 is 19.6 Å². The number of phenols is 1. The second kappa shape index (κ2) is 10.7. The van der Waals surface area contributed by atoms with Crippen LogP contribution in [0.5, 0.6) is 11.5 Å². The average Bonchev–Trinajstić information content (AvgIpc) is 3.10. The molecule has 2 aromatic carbocycles. The van der Waals surface area contributed by atoms with Crippen molar-refractivity contribution in [1.82, 2.24) is 4.57 Å². The quantitative estimate of drug-likeness (QED) is 0.301. The molecule has 0 fully saturated rings. The number of ether oxygens (including phenoxy) is 2. The second-order valence-corrected chi connectivity index (χ2v) is 11.8. The Kier molecular flexibility index (Phi) is 7.98. The third kappa shape index (κ3) is 5.13. The van der Waals surface area contributed by atoms with Gasteiger partial charge >= 0.3 is 5.97 Å². The Morgan fingerprint density at radius 2 is 2.06 bits per heavy atom. The number of allylic oxidation sites excluding steroid dienone is 1. The highest BCUT2D eigenvalue weighted by atomic mass is 127. The number of aromatic nitrogens is 1. The first-order valence-electron chi connectivity index (χ1n) is 10.8. The molecule has 0 radical (unpaired) electrons. The van der Waals surface area contributed by atoms with E-state index >= 15 is 0 Å². The maximum Gasteiger partial charge on any atom is 0.338 e. The van der Waals surface area contributed by atoms with Gasteiger partial charge in [0.15, 0.2) is 4.80 Å². The van der Waals surface area contributed by atoms with E-state index in [1.165, 1.54) is 11.7 Å². The summed E-state index contributed by atoms with van der Waals surface area (Å²) in [6.07, 6.45) is 1.22. The van der Waals surface area contributed by atoms with Crippen LogP contribution >= 0.6 is 61.5 Å². The highest BCUT2D eigenvalue weighted by Crippen LogP contribution is 2.37. The highest BCUT2D eigenvalue weighted by molar-refractivity contribution is 14.1. The number of phenolic OH excluding ortho intramolecular Hbond substituents is 1. The zero-order valence-electron chi connectivity index (χ0n) is 19.6. The lowest BCUT2D eigenvalue weighted by atomic mass is 9.95. The van der Waals surface area contributed by atoms with Crippen molar-refractivity contribution >= 4 is 73.5 Å². The number of halogens is 3. The van der Waals surface area contributed by atoms with E-state index in [2.05, 4.69) is 20.9 Å². The van der Waals surface area contributed by atoms with Crippen molar-refractivity contribution in [2.24, 2.45) is 4.99 Å². The van der Waals surface area contributed by atoms with Gasteiger partial charge < -0.3 is 14.6 Å². The number of fused-ring (bicyclic) bond motifs is 1. The number of carbonyl (C=O) groups excluding carboxylic acids is 1. The summed E-state index contributed by atoms with van der Waals surface area (Å²) in [5.41, 5.74) is 1.33. The number of hydrogen-bond donors (Lipinski definition) is 1. The van der Waals surface area contributed by atoms with Crippen LogP contribution in [0.1, 0.15) is 37.9 Å². The maximum absolute atomic E-state index is 13.8. The average molecular weight is 704 g/mol. The molecule has 0 spiro atoms. The number of nitrogens with zero attached hydrogens (tertiary/aromatic N) is 2. The first-order valence-corrected chi connectivity index (χ1v) is 13.8. The highest BCUT2D eigenvalue weighted by Gasteiger charge is 2.35. The zero-order valence-corrected chi connectivity index (χ0v) is 25.0. The molecule has 1 atom stereocenters. The van der Waals surface area contributed by atoms with Gasteiger partial charge in [-0.1, -0.05) is 38.9 Å². The van der Waals surface area contributed by atoms with Gasteiger partial charge in [-0.3, -0.25) is 9.36 Å². The minimum atomic E-state index is -0.838. The molecule has 7 nitrogen and oxygen atoms in total. The van der Waals surface area contributed by atoms with Crippen LogP contribution in [-0.4, -0.2) is 28.9 Å².